The standard InChI is InChI=1S/C5H3ClN4/c6-4-1-2-5-7-8-9-10(5)3-4/h1-3H. The third-order valence-corrected chi connectivity index (χ3v) is 1.38. The number of halogens is 1. The highest BCUT2D eigenvalue weighted by atomic mass is 35.5. The van der Waals surface area contributed by atoms with Gasteiger partial charge in [0.15, 0.2) is 5.65 Å². The minimum absolute atomic E-state index is 0.625. The van der Waals surface area contributed by atoms with Crippen LogP contribution in [0.4, 0.5) is 0 Å². The second kappa shape index (κ2) is 1.91. The summed E-state index contributed by atoms with van der Waals surface area (Å²) in [4.78, 5) is 0. The number of nitrogens with zero attached hydrogens (tertiary/aromatic N) is 4. The Labute approximate surface area is 61.4 Å². The molecule has 0 saturated heterocycles. The van der Waals surface area contributed by atoms with Gasteiger partial charge in [0.1, 0.15) is 0 Å². The molecule has 0 bridgehead atoms. The number of rotatable bonds is 0. The average molecular weight is 155 g/mol. The molecule has 0 saturated carbocycles. The summed E-state index contributed by atoms with van der Waals surface area (Å²) < 4.78 is 1.52. The van der Waals surface area contributed by atoms with E-state index >= 15 is 0 Å². The summed E-state index contributed by atoms with van der Waals surface area (Å²) in [5, 5.41) is 11.4. The highest BCUT2D eigenvalue weighted by Crippen LogP contribution is 2.06. The largest absolute Gasteiger partial charge is 0.199 e. The summed E-state index contributed by atoms with van der Waals surface area (Å²) in [6.45, 7) is 0. The zero-order valence-corrected chi connectivity index (χ0v) is 5.65. The van der Waals surface area contributed by atoms with Crippen LogP contribution < -0.4 is 0 Å². The summed E-state index contributed by atoms with van der Waals surface area (Å²) in [5.74, 6) is 0. The van der Waals surface area contributed by atoms with Gasteiger partial charge in [-0.25, -0.2) is 0 Å². The van der Waals surface area contributed by atoms with Gasteiger partial charge in [-0.2, -0.15) is 4.52 Å². The Morgan fingerprint density at radius 1 is 1.40 bits per heavy atom. The lowest BCUT2D eigenvalue weighted by atomic mass is 10.5. The molecule has 4 nitrogen and oxygen atoms in total. The number of hydrogen-bond donors (Lipinski definition) is 0. The van der Waals surface area contributed by atoms with Crippen molar-refractivity contribution in [1.82, 2.24) is 20.0 Å². The van der Waals surface area contributed by atoms with Crippen molar-refractivity contribution in [2.45, 2.75) is 0 Å². The van der Waals surface area contributed by atoms with E-state index in [4.69, 9.17) is 11.6 Å². The molecule has 2 heterocycles. The maximum absolute atomic E-state index is 5.66. The first kappa shape index (κ1) is 5.61. The molecule has 2 aromatic rings. The highest BCUT2D eigenvalue weighted by molar-refractivity contribution is 6.30. The van der Waals surface area contributed by atoms with Gasteiger partial charge in [0.2, 0.25) is 0 Å². The molecule has 0 N–H and O–H groups in total. The summed E-state index contributed by atoms with van der Waals surface area (Å²) in [7, 11) is 0. The van der Waals surface area contributed by atoms with Gasteiger partial charge in [0.05, 0.1) is 11.2 Å². The predicted octanol–water partition coefficient (Wildman–Crippen LogP) is 0.778. The Hall–Kier alpha value is -1.16. The van der Waals surface area contributed by atoms with Gasteiger partial charge in [0.25, 0.3) is 0 Å². The Kier molecular flexibility index (Phi) is 1.07. The Balaban J connectivity index is 2.86. The minimum Gasteiger partial charge on any atom is -0.199 e. The molecule has 0 aliphatic carbocycles. The van der Waals surface area contributed by atoms with E-state index in [0.717, 1.165) is 0 Å². The molecule has 0 unspecified atom stereocenters. The molecule has 2 aromatic heterocycles. The van der Waals surface area contributed by atoms with Crippen molar-refractivity contribution in [3.8, 4) is 0 Å². The molecule has 50 valence electrons. The van der Waals surface area contributed by atoms with Crippen LogP contribution in [0.2, 0.25) is 5.02 Å². The molecule has 0 aromatic carbocycles. The summed E-state index contributed by atoms with van der Waals surface area (Å²) in [6, 6.07) is 3.50. The topological polar surface area (TPSA) is 43.1 Å². The fourth-order valence-corrected chi connectivity index (χ4v) is 0.872. The highest BCUT2D eigenvalue weighted by Gasteiger charge is 1.94. The molecule has 0 radical (unpaired) electrons. The monoisotopic (exact) mass is 154 g/mol. The van der Waals surface area contributed by atoms with Gasteiger partial charge < -0.3 is 0 Å². The fraction of sp³-hybridized carbons (Fsp3) is 0. The van der Waals surface area contributed by atoms with Crippen LogP contribution in [0.5, 0.6) is 0 Å². The van der Waals surface area contributed by atoms with Crippen LogP contribution >= 0.6 is 11.6 Å². The van der Waals surface area contributed by atoms with Crippen molar-refractivity contribution in [3.05, 3.63) is 23.4 Å². The van der Waals surface area contributed by atoms with E-state index in [0.29, 0.717) is 10.7 Å². The molecule has 0 aliphatic rings. The van der Waals surface area contributed by atoms with Gasteiger partial charge in [0, 0.05) is 0 Å². The van der Waals surface area contributed by atoms with Gasteiger partial charge in [-0.05, 0) is 22.6 Å². The van der Waals surface area contributed by atoms with E-state index in [2.05, 4.69) is 15.5 Å². The average Bonchev–Trinajstić information content (AvgIpc) is 2.33. The van der Waals surface area contributed by atoms with Crippen LogP contribution in [0.15, 0.2) is 18.3 Å². The first-order valence-electron chi connectivity index (χ1n) is 2.69. The smallest absolute Gasteiger partial charge is 0.179 e. The Morgan fingerprint density at radius 3 is 3.20 bits per heavy atom. The fourth-order valence-electron chi connectivity index (χ4n) is 0.716. The molecule has 10 heavy (non-hydrogen) atoms. The lowest BCUT2D eigenvalue weighted by Gasteiger charge is -1.87. The molecular formula is C5H3ClN4. The van der Waals surface area contributed by atoms with Crippen LogP contribution in [0.25, 0.3) is 5.65 Å². The van der Waals surface area contributed by atoms with Gasteiger partial charge in [-0.1, -0.05) is 11.6 Å². The van der Waals surface area contributed by atoms with Crippen molar-refractivity contribution in [2.24, 2.45) is 0 Å². The van der Waals surface area contributed by atoms with E-state index < -0.39 is 0 Å². The number of hydrogen-bond acceptors (Lipinski definition) is 3. The van der Waals surface area contributed by atoms with Crippen LogP contribution in [0.3, 0.4) is 0 Å². The van der Waals surface area contributed by atoms with Crippen molar-refractivity contribution in [3.63, 3.8) is 0 Å². The van der Waals surface area contributed by atoms with Crippen molar-refractivity contribution < 1.29 is 0 Å². The third-order valence-electron chi connectivity index (χ3n) is 1.16. The van der Waals surface area contributed by atoms with Crippen LogP contribution in [-0.2, 0) is 0 Å². The molecule has 0 amide bonds. The Bertz CT molecular complexity index is 355. The SMILES string of the molecule is Clc1ccc2nnnn2c1. The van der Waals surface area contributed by atoms with Crippen LogP contribution in [0.1, 0.15) is 0 Å². The van der Waals surface area contributed by atoms with E-state index in [9.17, 15) is 0 Å². The van der Waals surface area contributed by atoms with Crippen molar-refractivity contribution >= 4 is 17.2 Å². The molecule has 5 heteroatoms. The molecule has 0 atom stereocenters. The maximum Gasteiger partial charge on any atom is 0.179 e. The second-order valence-electron chi connectivity index (χ2n) is 1.83. The minimum atomic E-state index is 0.625. The molecular weight excluding hydrogens is 152 g/mol. The summed E-state index contributed by atoms with van der Waals surface area (Å²) in [5.41, 5.74) is 0.699. The normalized spacial score (nSPS) is 10.5. The molecule has 2 rings (SSSR count). The maximum atomic E-state index is 5.66. The third kappa shape index (κ3) is 0.733. The lowest BCUT2D eigenvalue weighted by molar-refractivity contribution is 0.823. The van der Waals surface area contributed by atoms with Gasteiger partial charge in [-0.15, -0.1) is 5.10 Å². The number of tetrazole rings is 1. The zero-order valence-electron chi connectivity index (χ0n) is 4.90. The zero-order chi connectivity index (χ0) is 6.97. The van der Waals surface area contributed by atoms with Gasteiger partial charge >= 0.3 is 0 Å². The summed E-state index contributed by atoms with van der Waals surface area (Å²) in [6.07, 6.45) is 1.65. The molecule has 0 spiro atoms. The van der Waals surface area contributed by atoms with Crippen LogP contribution in [0, 0.1) is 0 Å². The molecule has 0 aliphatic heterocycles. The number of aromatic nitrogens is 4. The van der Waals surface area contributed by atoms with E-state index in [1.807, 2.05) is 0 Å². The molecule has 0 fully saturated rings. The van der Waals surface area contributed by atoms with Crippen LogP contribution in [-0.4, -0.2) is 20.0 Å². The van der Waals surface area contributed by atoms with Crippen molar-refractivity contribution in [1.29, 1.82) is 0 Å². The quantitative estimate of drug-likeness (QED) is 0.563. The van der Waals surface area contributed by atoms with Gasteiger partial charge in [-0.3, -0.25) is 0 Å². The lowest BCUT2D eigenvalue weighted by Crippen LogP contribution is -1.84. The summed E-state index contributed by atoms with van der Waals surface area (Å²) >= 11 is 5.66. The van der Waals surface area contributed by atoms with E-state index in [1.165, 1.54) is 4.52 Å². The van der Waals surface area contributed by atoms with E-state index in [-0.39, 0.29) is 0 Å². The first-order valence-corrected chi connectivity index (χ1v) is 3.07. The first-order chi connectivity index (χ1) is 4.86. The van der Waals surface area contributed by atoms with Crippen molar-refractivity contribution in [2.75, 3.05) is 0 Å². The Morgan fingerprint density at radius 2 is 2.30 bits per heavy atom. The predicted molar refractivity (Wildman–Crippen MR) is 35.8 cm³/mol. The number of fused-ring (bicyclic) bond motifs is 1. The van der Waals surface area contributed by atoms with E-state index in [1.54, 1.807) is 18.3 Å². The number of pyridine rings is 1. The second-order valence-corrected chi connectivity index (χ2v) is 2.27.